The normalized spacial score (nSPS) is 20.0. The van der Waals surface area contributed by atoms with Gasteiger partial charge in [-0.25, -0.2) is 0 Å². The highest BCUT2D eigenvalue weighted by Gasteiger charge is 2.48. The van der Waals surface area contributed by atoms with Crippen LogP contribution in [0.25, 0.3) is 5.76 Å². The second-order valence-electron chi connectivity index (χ2n) is 6.65. The Morgan fingerprint density at radius 3 is 2.67 bits per heavy atom. The molecule has 1 atom stereocenters. The van der Waals surface area contributed by atoms with Crippen LogP contribution in [-0.4, -0.2) is 40.2 Å². The molecule has 2 aromatic heterocycles. The van der Waals surface area contributed by atoms with Gasteiger partial charge >= 0.3 is 5.91 Å². The second kappa shape index (κ2) is 7.22. The molecule has 4 heterocycles. The van der Waals surface area contributed by atoms with Crippen molar-refractivity contribution in [3.8, 4) is 11.5 Å². The monoisotopic (exact) mass is 441 g/mol. The van der Waals surface area contributed by atoms with Crippen LogP contribution in [0.1, 0.15) is 21.5 Å². The molecule has 2 aliphatic rings. The molecule has 8 nitrogen and oxygen atoms in total. The number of rotatable bonds is 3. The SMILES string of the molecule is Cc1nnc(N2C(=O)C(=O)C(=C(O)c3ccc4c(c3)OCCO4)[C@@H]2c2cccs2)s1. The predicted octanol–water partition coefficient (Wildman–Crippen LogP) is 3.31. The number of benzene rings is 1. The number of carbonyl (C=O) groups excluding carboxylic acids is 2. The molecule has 0 unspecified atom stereocenters. The molecule has 1 amide bonds. The minimum Gasteiger partial charge on any atom is -0.507 e. The quantitative estimate of drug-likeness (QED) is 0.378. The van der Waals surface area contributed by atoms with Gasteiger partial charge in [-0.1, -0.05) is 17.4 Å². The molecule has 1 fully saturated rings. The summed E-state index contributed by atoms with van der Waals surface area (Å²) >= 11 is 2.60. The standard InChI is InChI=1S/C20H15N3O5S2/c1-10-21-22-20(30-10)23-16(14-3-2-8-29-14)15(18(25)19(23)26)17(24)11-4-5-12-13(9-11)28-7-6-27-12/h2-5,8-9,16,24H,6-7H2,1H3/t16-/m0/s1. The molecule has 0 radical (unpaired) electrons. The molecule has 1 N–H and O–H groups in total. The van der Waals surface area contributed by atoms with Crippen molar-refractivity contribution in [3.05, 3.63) is 56.7 Å². The highest BCUT2D eigenvalue weighted by molar-refractivity contribution is 7.15. The van der Waals surface area contributed by atoms with Gasteiger partial charge in [0.1, 0.15) is 30.0 Å². The fourth-order valence-corrected chi connectivity index (χ4v) is 5.01. The van der Waals surface area contributed by atoms with Gasteiger partial charge < -0.3 is 14.6 Å². The lowest BCUT2D eigenvalue weighted by Gasteiger charge is -2.21. The summed E-state index contributed by atoms with van der Waals surface area (Å²) in [5, 5.41) is 22.0. The molecule has 10 heteroatoms. The molecule has 0 bridgehead atoms. The number of ether oxygens (including phenoxy) is 2. The molecule has 1 aromatic carbocycles. The van der Waals surface area contributed by atoms with Crippen LogP contribution in [0.2, 0.25) is 0 Å². The third-order valence-corrected chi connectivity index (χ3v) is 6.56. The number of nitrogens with zero attached hydrogens (tertiary/aromatic N) is 3. The van der Waals surface area contributed by atoms with Gasteiger partial charge in [0.25, 0.3) is 5.78 Å². The van der Waals surface area contributed by atoms with Crippen LogP contribution in [0.3, 0.4) is 0 Å². The number of aliphatic hydroxyl groups excluding tert-OH is 1. The number of hydrogen-bond donors (Lipinski definition) is 1. The topological polar surface area (TPSA) is 102 Å². The van der Waals surface area contributed by atoms with Gasteiger partial charge in [-0.05, 0) is 36.6 Å². The zero-order valence-corrected chi connectivity index (χ0v) is 17.3. The summed E-state index contributed by atoms with van der Waals surface area (Å²) in [6.07, 6.45) is 0. The van der Waals surface area contributed by atoms with Crippen molar-refractivity contribution in [3.63, 3.8) is 0 Å². The molecule has 1 saturated heterocycles. The van der Waals surface area contributed by atoms with Crippen molar-refractivity contribution in [2.45, 2.75) is 13.0 Å². The average molecular weight is 441 g/mol. The summed E-state index contributed by atoms with van der Waals surface area (Å²) in [6.45, 7) is 2.61. The highest BCUT2D eigenvalue weighted by atomic mass is 32.1. The van der Waals surface area contributed by atoms with Crippen LogP contribution in [0.15, 0.2) is 41.3 Å². The zero-order chi connectivity index (χ0) is 20.8. The van der Waals surface area contributed by atoms with E-state index in [4.69, 9.17) is 9.47 Å². The molecule has 0 saturated carbocycles. The van der Waals surface area contributed by atoms with E-state index in [9.17, 15) is 14.7 Å². The van der Waals surface area contributed by atoms with Gasteiger partial charge in [0.2, 0.25) is 5.13 Å². The van der Waals surface area contributed by atoms with E-state index in [-0.39, 0.29) is 11.3 Å². The molecule has 3 aromatic rings. The highest BCUT2D eigenvalue weighted by Crippen LogP contribution is 2.44. The maximum atomic E-state index is 13.0. The molecule has 5 rings (SSSR count). The van der Waals surface area contributed by atoms with Crippen molar-refractivity contribution >= 4 is 45.3 Å². The Labute approximate surface area is 179 Å². The van der Waals surface area contributed by atoms with E-state index in [1.807, 2.05) is 17.5 Å². The van der Waals surface area contributed by atoms with Crippen LogP contribution < -0.4 is 14.4 Å². The summed E-state index contributed by atoms with van der Waals surface area (Å²) in [5.41, 5.74) is 0.374. The van der Waals surface area contributed by atoms with Gasteiger partial charge in [-0.15, -0.1) is 21.5 Å². The van der Waals surface area contributed by atoms with Gasteiger partial charge in [0.15, 0.2) is 11.5 Å². The average Bonchev–Trinajstić information content (AvgIpc) is 3.48. The number of Topliss-reactive ketones (excluding diaryl/α,β-unsaturated/α-hetero) is 1. The third kappa shape index (κ3) is 2.96. The number of fused-ring (bicyclic) bond motifs is 1. The third-order valence-electron chi connectivity index (χ3n) is 4.79. The number of ketones is 1. The summed E-state index contributed by atoms with van der Waals surface area (Å²) in [5.74, 6) is -0.742. The zero-order valence-electron chi connectivity index (χ0n) is 15.7. The first-order chi connectivity index (χ1) is 14.5. The van der Waals surface area contributed by atoms with Crippen LogP contribution in [0.4, 0.5) is 5.13 Å². The molecule has 2 aliphatic heterocycles. The van der Waals surface area contributed by atoms with E-state index in [1.165, 1.54) is 27.6 Å². The van der Waals surface area contributed by atoms with E-state index < -0.39 is 17.7 Å². The smallest absolute Gasteiger partial charge is 0.301 e. The number of aliphatic hydroxyl groups is 1. The Hall–Kier alpha value is -3.24. The lowest BCUT2D eigenvalue weighted by Crippen LogP contribution is -2.29. The number of amides is 1. The number of carbonyl (C=O) groups is 2. The number of thiophene rings is 1. The summed E-state index contributed by atoms with van der Waals surface area (Å²) in [7, 11) is 0. The Balaban J connectivity index is 1.67. The summed E-state index contributed by atoms with van der Waals surface area (Å²) in [6, 6.07) is 7.78. The predicted molar refractivity (Wildman–Crippen MR) is 111 cm³/mol. The number of anilines is 1. The summed E-state index contributed by atoms with van der Waals surface area (Å²) < 4.78 is 11.1. The van der Waals surface area contributed by atoms with Gasteiger partial charge in [-0.2, -0.15) is 0 Å². The van der Waals surface area contributed by atoms with E-state index in [1.54, 1.807) is 25.1 Å². The largest absolute Gasteiger partial charge is 0.507 e. The molecular weight excluding hydrogens is 426 g/mol. The number of hydrogen-bond acceptors (Lipinski definition) is 9. The van der Waals surface area contributed by atoms with Gasteiger partial charge in [0.05, 0.1) is 5.57 Å². The minimum atomic E-state index is -0.787. The Morgan fingerprint density at radius 2 is 1.97 bits per heavy atom. The maximum Gasteiger partial charge on any atom is 0.301 e. The number of aryl methyl sites for hydroxylation is 1. The molecule has 152 valence electrons. The fraction of sp³-hybridized carbons (Fsp3) is 0.200. The van der Waals surface area contributed by atoms with Gasteiger partial charge in [-0.3, -0.25) is 14.5 Å². The molecule has 30 heavy (non-hydrogen) atoms. The van der Waals surface area contributed by atoms with Gasteiger partial charge in [0, 0.05) is 10.4 Å². The van der Waals surface area contributed by atoms with Crippen LogP contribution in [-0.2, 0) is 9.59 Å². The second-order valence-corrected chi connectivity index (χ2v) is 8.79. The van der Waals surface area contributed by atoms with Crippen molar-refractivity contribution < 1.29 is 24.2 Å². The lowest BCUT2D eigenvalue weighted by atomic mass is 9.99. The molecular formula is C20H15N3O5S2. The van der Waals surface area contributed by atoms with E-state index >= 15 is 0 Å². The van der Waals surface area contributed by atoms with Crippen LogP contribution in [0.5, 0.6) is 11.5 Å². The molecule has 0 spiro atoms. The Morgan fingerprint density at radius 1 is 1.17 bits per heavy atom. The van der Waals surface area contributed by atoms with Crippen molar-refractivity contribution in [1.82, 2.24) is 10.2 Å². The van der Waals surface area contributed by atoms with E-state index in [2.05, 4.69) is 10.2 Å². The lowest BCUT2D eigenvalue weighted by molar-refractivity contribution is -0.132. The Kier molecular flexibility index (Phi) is 4.52. The van der Waals surface area contributed by atoms with Crippen LogP contribution >= 0.6 is 22.7 Å². The number of aromatic nitrogens is 2. The van der Waals surface area contributed by atoms with Crippen molar-refractivity contribution in [2.75, 3.05) is 18.1 Å². The van der Waals surface area contributed by atoms with Crippen LogP contribution in [0, 0.1) is 6.92 Å². The first kappa shape index (κ1) is 18.8. The molecule has 0 aliphatic carbocycles. The van der Waals surface area contributed by atoms with Crippen molar-refractivity contribution in [2.24, 2.45) is 0 Å². The minimum absolute atomic E-state index is 0.00646. The maximum absolute atomic E-state index is 13.0. The van der Waals surface area contributed by atoms with Crippen molar-refractivity contribution in [1.29, 1.82) is 0 Å². The van der Waals surface area contributed by atoms with E-state index in [0.717, 1.165) is 4.88 Å². The van der Waals surface area contributed by atoms with E-state index in [0.29, 0.717) is 40.4 Å². The summed E-state index contributed by atoms with van der Waals surface area (Å²) in [4.78, 5) is 28.0. The first-order valence-corrected chi connectivity index (χ1v) is 10.8. The first-order valence-electron chi connectivity index (χ1n) is 9.09. The Bertz CT molecular complexity index is 1190. The fourth-order valence-electron chi connectivity index (χ4n) is 3.48.